The molecule has 6 nitrogen and oxygen atoms in total. The summed E-state index contributed by atoms with van der Waals surface area (Å²) in [5, 5.41) is 7.98. The lowest BCUT2D eigenvalue weighted by molar-refractivity contribution is -0.127. The van der Waals surface area contributed by atoms with Crippen molar-refractivity contribution in [3.63, 3.8) is 0 Å². The molecule has 0 bridgehead atoms. The number of amides is 1. The SMILES string of the molecule is Cc1nnc(CN2CCC3(CC2)CC(=O)N(C/C=C/c2ccccc2)C3)o1. The van der Waals surface area contributed by atoms with Gasteiger partial charge in [0.15, 0.2) is 0 Å². The molecule has 1 spiro atoms. The number of likely N-dealkylation sites (tertiary alicyclic amines) is 2. The molecule has 2 aliphatic rings. The predicted molar refractivity (Wildman–Crippen MR) is 103 cm³/mol. The Kier molecular flexibility index (Phi) is 5.07. The molecule has 2 saturated heterocycles. The lowest BCUT2D eigenvalue weighted by Gasteiger charge is -2.38. The first-order valence-corrected chi connectivity index (χ1v) is 9.63. The molecule has 6 heteroatoms. The molecule has 0 radical (unpaired) electrons. The highest BCUT2D eigenvalue weighted by molar-refractivity contribution is 5.79. The minimum Gasteiger partial charge on any atom is -0.424 e. The van der Waals surface area contributed by atoms with Gasteiger partial charge in [0.1, 0.15) is 0 Å². The zero-order chi connectivity index (χ0) is 18.7. The normalized spacial score (nSPS) is 20.2. The third-order valence-electron chi connectivity index (χ3n) is 5.68. The van der Waals surface area contributed by atoms with Gasteiger partial charge < -0.3 is 9.32 Å². The molecule has 4 rings (SSSR count). The molecule has 2 aliphatic heterocycles. The quantitative estimate of drug-likeness (QED) is 0.814. The highest BCUT2D eigenvalue weighted by Crippen LogP contribution is 2.41. The third kappa shape index (κ3) is 4.27. The van der Waals surface area contributed by atoms with E-state index in [4.69, 9.17) is 4.42 Å². The van der Waals surface area contributed by atoms with Crippen molar-refractivity contribution < 1.29 is 9.21 Å². The van der Waals surface area contributed by atoms with Gasteiger partial charge in [0.05, 0.1) is 6.54 Å². The van der Waals surface area contributed by atoms with Crippen LogP contribution in [-0.4, -0.2) is 52.1 Å². The third-order valence-corrected chi connectivity index (χ3v) is 5.68. The number of hydrogen-bond acceptors (Lipinski definition) is 5. The van der Waals surface area contributed by atoms with Crippen molar-refractivity contribution in [1.82, 2.24) is 20.0 Å². The summed E-state index contributed by atoms with van der Waals surface area (Å²) in [4.78, 5) is 16.9. The van der Waals surface area contributed by atoms with Gasteiger partial charge in [0, 0.05) is 26.4 Å². The van der Waals surface area contributed by atoms with E-state index >= 15 is 0 Å². The number of carbonyl (C=O) groups excluding carboxylic acids is 1. The van der Waals surface area contributed by atoms with Crippen molar-refractivity contribution in [3.8, 4) is 0 Å². The highest BCUT2D eigenvalue weighted by Gasteiger charge is 2.44. The summed E-state index contributed by atoms with van der Waals surface area (Å²) in [6, 6.07) is 10.2. The topological polar surface area (TPSA) is 62.5 Å². The molecule has 0 unspecified atom stereocenters. The number of aryl methyl sites for hydroxylation is 1. The average Bonchev–Trinajstić information content (AvgIpc) is 3.21. The van der Waals surface area contributed by atoms with Gasteiger partial charge in [-0.25, -0.2) is 0 Å². The lowest BCUT2D eigenvalue weighted by atomic mass is 9.77. The van der Waals surface area contributed by atoms with Crippen LogP contribution < -0.4 is 0 Å². The summed E-state index contributed by atoms with van der Waals surface area (Å²) in [5.41, 5.74) is 1.31. The van der Waals surface area contributed by atoms with E-state index in [0.29, 0.717) is 31.3 Å². The second kappa shape index (κ2) is 7.64. The highest BCUT2D eigenvalue weighted by atomic mass is 16.4. The van der Waals surface area contributed by atoms with Crippen LogP contribution in [0.4, 0.5) is 0 Å². The Labute approximate surface area is 159 Å². The predicted octanol–water partition coefficient (Wildman–Crippen LogP) is 2.91. The second-order valence-corrected chi connectivity index (χ2v) is 7.76. The first-order chi connectivity index (χ1) is 13.1. The largest absolute Gasteiger partial charge is 0.424 e. The summed E-state index contributed by atoms with van der Waals surface area (Å²) in [5.74, 6) is 1.58. The van der Waals surface area contributed by atoms with Crippen LogP contribution in [0.1, 0.15) is 36.6 Å². The Morgan fingerprint density at radius 3 is 2.67 bits per heavy atom. The summed E-state index contributed by atoms with van der Waals surface area (Å²) >= 11 is 0. The molecule has 0 N–H and O–H groups in total. The zero-order valence-electron chi connectivity index (χ0n) is 15.8. The summed E-state index contributed by atoms with van der Waals surface area (Å²) in [7, 11) is 0. The van der Waals surface area contributed by atoms with Crippen molar-refractivity contribution in [2.45, 2.75) is 32.7 Å². The number of hydrogen-bond donors (Lipinski definition) is 0. The van der Waals surface area contributed by atoms with Crippen molar-refractivity contribution in [3.05, 3.63) is 53.8 Å². The van der Waals surface area contributed by atoms with Crippen molar-refractivity contribution in [1.29, 1.82) is 0 Å². The number of piperidine rings is 1. The molecule has 0 aliphatic carbocycles. The first-order valence-electron chi connectivity index (χ1n) is 9.63. The zero-order valence-corrected chi connectivity index (χ0v) is 15.8. The van der Waals surface area contributed by atoms with Gasteiger partial charge in [-0.05, 0) is 36.9 Å². The van der Waals surface area contributed by atoms with E-state index in [1.807, 2.05) is 30.0 Å². The van der Waals surface area contributed by atoms with Gasteiger partial charge in [-0.3, -0.25) is 9.69 Å². The number of aromatic nitrogens is 2. The fourth-order valence-corrected chi connectivity index (χ4v) is 4.14. The molecule has 1 aromatic carbocycles. The van der Waals surface area contributed by atoms with Crippen LogP contribution >= 0.6 is 0 Å². The monoisotopic (exact) mass is 366 g/mol. The molecule has 2 aromatic rings. The molecule has 1 amide bonds. The number of benzene rings is 1. The standard InChI is InChI=1S/C21H26N4O2/c1-17-22-23-19(27-17)15-24-12-9-21(10-13-24)14-20(26)25(16-21)11-5-8-18-6-3-2-4-7-18/h2-8H,9-16H2,1H3/b8-5+. The maximum atomic E-state index is 12.5. The fourth-order valence-electron chi connectivity index (χ4n) is 4.14. The molecular formula is C21H26N4O2. The Morgan fingerprint density at radius 2 is 1.96 bits per heavy atom. The molecule has 27 heavy (non-hydrogen) atoms. The number of nitrogens with zero attached hydrogens (tertiary/aromatic N) is 4. The van der Waals surface area contributed by atoms with Gasteiger partial charge in [0.2, 0.25) is 17.7 Å². The van der Waals surface area contributed by atoms with Crippen LogP contribution in [0, 0.1) is 12.3 Å². The molecule has 0 atom stereocenters. The van der Waals surface area contributed by atoms with E-state index in [9.17, 15) is 4.79 Å². The van der Waals surface area contributed by atoms with E-state index in [1.54, 1.807) is 0 Å². The van der Waals surface area contributed by atoms with Crippen LogP contribution in [0.15, 0.2) is 40.8 Å². The van der Waals surface area contributed by atoms with Crippen LogP contribution in [0.25, 0.3) is 6.08 Å². The van der Waals surface area contributed by atoms with E-state index in [0.717, 1.165) is 32.5 Å². The molecule has 1 aromatic heterocycles. The van der Waals surface area contributed by atoms with Gasteiger partial charge in [-0.2, -0.15) is 0 Å². The molecular weight excluding hydrogens is 340 g/mol. The van der Waals surface area contributed by atoms with Crippen molar-refractivity contribution >= 4 is 12.0 Å². The van der Waals surface area contributed by atoms with E-state index in [-0.39, 0.29) is 11.3 Å². The summed E-state index contributed by atoms with van der Waals surface area (Å²) < 4.78 is 5.48. The summed E-state index contributed by atoms with van der Waals surface area (Å²) in [6.45, 7) is 6.03. The van der Waals surface area contributed by atoms with Crippen LogP contribution in [0.5, 0.6) is 0 Å². The Bertz CT molecular complexity index is 807. The second-order valence-electron chi connectivity index (χ2n) is 7.76. The minimum atomic E-state index is 0.138. The average molecular weight is 366 g/mol. The smallest absolute Gasteiger partial charge is 0.230 e. The first kappa shape index (κ1) is 17.9. The molecule has 0 saturated carbocycles. The van der Waals surface area contributed by atoms with Crippen molar-refractivity contribution in [2.75, 3.05) is 26.2 Å². The van der Waals surface area contributed by atoms with Gasteiger partial charge in [0.25, 0.3) is 0 Å². The van der Waals surface area contributed by atoms with Crippen LogP contribution in [0.2, 0.25) is 0 Å². The number of carbonyl (C=O) groups is 1. The lowest BCUT2D eigenvalue weighted by Crippen LogP contribution is -2.41. The fraction of sp³-hybridized carbons (Fsp3) is 0.476. The van der Waals surface area contributed by atoms with Crippen molar-refractivity contribution in [2.24, 2.45) is 5.41 Å². The van der Waals surface area contributed by atoms with E-state index in [2.05, 4.69) is 39.4 Å². The Balaban J connectivity index is 1.29. The Hall–Kier alpha value is -2.47. The summed E-state index contributed by atoms with van der Waals surface area (Å²) in [6.07, 6.45) is 6.96. The maximum absolute atomic E-state index is 12.5. The molecule has 3 heterocycles. The van der Waals surface area contributed by atoms with Crippen LogP contribution in [-0.2, 0) is 11.3 Å². The van der Waals surface area contributed by atoms with E-state index < -0.39 is 0 Å². The van der Waals surface area contributed by atoms with Gasteiger partial charge in [-0.15, -0.1) is 10.2 Å². The number of rotatable bonds is 5. The van der Waals surface area contributed by atoms with Crippen LogP contribution in [0.3, 0.4) is 0 Å². The maximum Gasteiger partial charge on any atom is 0.230 e. The van der Waals surface area contributed by atoms with Gasteiger partial charge in [-0.1, -0.05) is 42.5 Å². The molecule has 142 valence electrons. The van der Waals surface area contributed by atoms with Gasteiger partial charge >= 0.3 is 0 Å². The molecule has 2 fully saturated rings. The van der Waals surface area contributed by atoms with E-state index in [1.165, 1.54) is 5.56 Å². The minimum absolute atomic E-state index is 0.138. The Morgan fingerprint density at radius 1 is 1.19 bits per heavy atom.